The van der Waals surface area contributed by atoms with E-state index in [4.69, 9.17) is 9.97 Å². The van der Waals surface area contributed by atoms with Gasteiger partial charge in [0.15, 0.2) is 0 Å². The van der Waals surface area contributed by atoms with Crippen molar-refractivity contribution in [1.82, 2.24) is 15.0 Å². The maximum atomic E-state index is 5.36. The van der Waals surface area contributed by atoms with Gasteiger partial charge < -0.3 is 0 Å². The fraction of sp³-hybridized carbons (Fsp3) is 0.0652. The zero-order valence-electron chi connectivity index (χ0n) is 27.3. The average molecular weight is 626 g/mol. The summed E-state index contributed by atoms with van der Waals surface area (Å²) in [5, 5.41) is 5.90. The average Bonchev–Trinajstić information content (AvgIpc) is 3.39. The van der Waals surface area contributed by atoms with Crippen molar-refractivity contribution < 1.29 is 0 Å². The molecule has 0 amide bonds. The van der Waals surface area contributed by atoms with Gasteiger partial charge in [-0.25, -0.2) is 4.98 Å². The van der Waals surface area contributed by atoms with Crippen LogP contribution in [-0.4, -0.2) is 15.0 Å². The largest absolute Gasteiger partial charge is 0.254 e. The number of rotatable bonds is 3. The molecule has 0 saturated heterocycles. The monoisotopic (exact) mass is 625 g/mol. The molecule has 0 radical (unpaired) electrons. The Bertz CT molecular complexity index is 2780. The van der Waals surface area contributed by atoms with Crippen LogP contribution in [0, 0.1) is 0 Å². The highest BCUT2D eigenvalue weighted by atomic mass is 14.7. The Morgan fingerprint density at radius 1 is 0.490 bits per heavy atom. The maximum Gasteiger partial charge on any atom is 0.0970 e. The van der Waals surface area contributed by atoms with Crippen molar-refractivity contribution in [2.75, 3.05) is 0 Å². The first-order valence-corrected chi connectivity index (χ1v) is 16.9. The molecule has 0 bridgehead atoms. The maximum absolute atomic E-state index is 5.36. The molecule has 3 heterocycles. The first-order valence-electron chi connectivity index (χ1n) is 16.9. The number of fused-ring (bicyclic) bond motifs is 9. The van der Waals surface area contributed by atoms with Gasteiger partial charge in [-0.1, -0.05) is 129 Å². The highest BCUT2D eigenvalue weighted by molar-refractivity contribution is 6.16. The summed E-state index contributed by atoms with van der Waals surface area (Å²) in [4.78, 5) is 14.7. The van der Waals surface area contributed by atoms with E-state index in [1.807, 2.05) is 24.5 Å². The summed E-state index contributed by atoms with van der Waals surface area (Å²) in [7, 11) is 0. The third-order valence-electron chi connectivity index (χ3n) is 10.5. The quantitative estimate of drug-likeness (QED) is 0.183. The van der Waals surface area contributed by atoms with Gasteiger partial charge in [0, 0.05) is 39.5 Å². The molecule has 9 aromatic rings. The summed E-state index contributed by atoms with van der Waals surface area (Å²) >= 11 is 0. The molecule has 0 N–H and O–H groups in total. The summed E-state index contributed by atoms with van der Waals surface area (Å²) in [6, 6.07) is 50.4. The van der Waals surface area contributed by atoms with Gasteiger partial charge in [0.05, 0.1) is 22.2 Å². The zero-order chi connectivity index (χ0) is 32.7. The Balaban J connectivity index is 1.11. The number of aromatic nitrogens is 3. The van der Waals surface area contributed by atoms with Gasteiger partial charge in [-0.15, -0.1) is 0 Å². The Morgan fingerprint density at radius 2 is 1.12 bits per heavy atom. The van der Waals surface area contributed by atoms with Gasteiger partial charge in [-0.3, -0.25) is 9.97 Å². The highest BCUT2D eigenvalue weighted by Gasteiger charge is 2.39. The molecule has 3 aromatic heterocycles. The summed E-state index contributed by atoms with van der Waals surface area (Å²) in [6.45, 7) is 4.70. The molecule has 3 heteroatoms. The lowest BCUT2D eigenvalue weighted by molar-refractivity contribution is 0.662. The van der Waals surface area contributed by atoms with E-state index in [-0.39, 0.29) is 5.41 Å². The van der Waals surface area contributed by atoms with Crippen LogP contribution >= 0.6 is 0 Å². The van der Waals surface area contributed by atoms with Crippen LogP contribution in [-0.2, 0) is 5.41 Å². The third kappa shape index (κ3) is 4.12. The molecular weight excluding hydrogens is 595 g/mol. The molecule has 0 saturated carbocycles. The second kappa shape index (κ2) is 10.4. The molecule has 1 aliphatic carbocycles. The Hall–Kier alpha value is -6.19. The first kappa shape index (κ1) is 27.9. The van der Waals surface area contributed by atoms with Crippen LogP contribution in [0.25, 0.3) is 88.1 Å². The fourth-order valence-corrected chi connectivity index (χ4v) is 8.18. The van der Waals surface area contributed by atoms with Crippen LogP contribution in [0.2, 0.25) is 0 Å². The summed E-state index contributed by atoms with van der Waals surface area (Å²) in [5.74, 6) is 0. The highest BCUT2D eigenvalue weighted by Crippen LogP contribution is 2.54. The Kier molecular flexibility index (Phi) is 5.92. The lowest BCUT2D eigenvalue weighted by atomic mass is 9.78. The molecule has 0 fully saturated rings. The summed E-state index contributed by atoms with van der Waals surface area (Å²) in [6.07, 6.45) is 3.68. The van der Waals surface area contributed by atoms with E-state index in [9.17, 15) is 0 Å². The lowest BCUT2D eigenvalue weighted by Gasteiger charge is -2.25. The number of benzene rings is 6. The van der Waals surface area contributed by atoms with Crippen molar-refractivity contribution in [3.8, 4) is 44.6 Å². The van der Waals surface area contributed by atoms with Gasteiger partial charge >= 0.3 is 0 Å². The normalized spacial score (nSPS) is 13.3. The van der Waals surface area contributed by atoms with Crippen molar-refractivity contribution in [3.63, 3.8) is 0 Å². The molecule has 230 valence electrons. The number of hydrogen-bond acceptors (Lipinski definition) is 3. The van der Waals surface area contributed by atoms with Crippen molar-refractivity contribution in [2.24, 2.45) is 0 Å². The van der Waals surface area contributed by atoms with Gasteiger partial charge in [0.2, 0.25) is 0 Å². The van der Waals surface area contributed by atoms with Crippen molar-refractivity contribution in [3.05, 3.63) is 163 Å². The van der Waals surface area contributed by atoms with E-state index in [0.29, 0.717) is 0 Å². The third-order valence-corrected chi connectivity index (χ3v) is 10.5. The molecule has 6 aromatic carbocycles. The minimum atomic E-state index is -0.188. The molecule has 49 heavy (non-hydrogen) atoms. The molecule has 1 aliphatic rings. The van der Waals surface area contributed by atoms with E-state index in [1.54, 1.807) is 0 Å². The number of nitrogens with zero attached hydrogens (tertiary/aromatic N) is 3. The smallest absolute Gasteiger partial charge is 0.0970 e. The van der Waals surface area contributed by atoms with Crippen LogP contribution in [0.1, 0.15) is 25.0 Å². The SMILES string of the molecule is CC1(C)c2ccccc2-c2nc3ccc4ccccc4c3c(-c3ccc(-c4ccc(-c5cc6cccnc6c6ncccc56)cc4)cc3)c21. The van der Waals surface area contributed by atoms with E-state index in [2.05, 4.69) is 146 Å². The van der Waals surface area contributed by atoms with Crippen molar-refractivity contribution in [1.29, 1.82) is 0 Å². The molecule has 0 unspecified atom stereocenters. The van der Waals surface area contributed by atoms with E-state index in [1.165, 1.54) is 60.7 Å². The molecule has 0 aliphatic heterocycles. The van der Waals surface area contributed by atoms with Crippen LogP contribution in [0.15, 0.2) is 152 Å². The zero-order valence-corrected chi connectivity index (χ0v) is 27.3. The predicted octanol–water partition coefficient (Wildman–Crippen LogP) is 11.8. The van der Waals surface area contributed by atoms with Crippen molar-refractivity contribution in [2.45, 2.75) is 19.3 Å². The molecular formula is C46H31N3. The molecule has 10 rings (SSSR count). The van der Waals surface area contributed by atoms with Crippen LogP contribution in [0.5, 0.6) is 0 Å². The second-order valence-electron chi connectivity index (χ2n) is 13.6. The summed E-state index contributed by atoms with van der Waals surface area (Å²) < 4.78 is 0. The molecule has 0 spiro atoms. The lowest BCUT2D eigenvalue weighted by Crippen LogP contribution is -2.16. The van der Waals surface area contributed by atoms with Crippen LogP contribution in [0.3, 0.4) is 0 Å². The minimum absolute atomic E-state index is 0.188. The first-order chi connectivity index (χ1) is 24.1. The van der Waals surface area contributed by atoms with Gasteiger partial charge in [-0.05, 0) is 79.5 Å². The van der Waals surface area contributed by atoms with Crippen molar-refractivity contribution >= 4 is 43.5 Å². The van der Waals surface area contributed by atoms with Crippen LogP contribution in [0.4, 0.5) is 0 Å². The van der Waals surface area contributed by atoms with E-state index in [0.717, 1.165) is 38.6 Å². The fourth-order valence-electron chi connectivity index (χ4n) is 8.18. The Labute approximate surface area is 284 Å². The second-order valence-corrected chi connectivity index (χ2v) is 13.6. The van der Waals surface area contributed by atoms with Gasteiger partial charge in [0.1, 0.15) is 0 Å². The standard InChI is InChI=1S/C46H31N3/c1-46(2)38-14-6-5-12-36(38)44-42(46)40(41-34-11-4-3-9-30(34)23-24-39(41)49-44)32-21-17-29(18-22-32)28-15-19-31(20-16-28)37-27-33-10-7-25-47-43(33)45-35(37)13-8-26-48-45/h3-27H,1-2H3. The minimum Gasteiger partial charge on any atom is -0.254 e. The number of hydrogen-bond donors (Lipinski definition) is 0. The van der Waals surface area contributed by atoms with Crippen LogP contribution < -0.4 is 0 Å². The Morgan fingerprint density at radius 3 is 1.94 bits per heavy atom. The number of pyridine rings is 3. The van der Waals surface area contributed by atoms with E-state index < -0.39 is 0 Å². The van der Waals surface area contributed by atoms with Gasteiger partial charge in [0.25, 0.3) is 0 Å². The molecule has 0 atom stereocenters. The molecule has 3 nitrogen and oxygen atoms in total. The topological polar surface area (TPSA) is 38.7 Å². The summed E-state index contributed by atoms with van der Waals surface area (Å²) in [5.41, 5.74) is 14.9. The van der Waals surface area contributed by atoms with E-state index >= 15 is 0 Å². The van der Waals surface area contributed by atoms with Gasteiger partial charge in [-0.2, -0.15) is 0 Å². The predicted molar refractivity (Wildman–Crippen MR) is 204 cm³/mol.